The van der Waals surface area contributed by atoms with Gasteiger partial charge in [-0.05, 0) is 23.3 Å². The van der Waals surface area contributed by atoms with Crippen LogP contribution in [0, 0.1) is 0 Å². The van der Waals surface area contributed by atoms with Gasteiger partial charge in [-0.15, -0.1) is 0 Å². The first-order chi connectivity index (χ1) is 6.72. The Balaban J connectivity index is 3.07. The summed E-state index contributed by atoms with van der Waals surface area (Å²) >= 11 is 0. The summed E-state index contributed by atoms with van der Waals surface area (Å²) in [7, 11) is 1.29. The van der Waals surface area contributed by atoms with E-state index in [-0.39, 0.29) is 13.2 Å². The molecule has 2 N–H and O–H groups in total. The molecule has 1 rings (SSSR count). The predicted octanol–water partition coefficient (Wildman–Crippen LogP) is 0.458. The number of carbonyl (C=O) groups is 1. The summed E-state index contributed by atoms with van der Waals surface area (Å²) in [6.07, 6.45) is 0. The van der Waals surface area contributed by atoms with Crippen LogP contribution in [0.5, 0.6) is 0 Å². The van der Waals surface area contributed by atoms with Crippen molar-refractivity contribution in [1.82, 2.24) is 0 Å². The molecule has 0 atom stereocenters. The standard InChI is InChI=1S/C10H12O4/c1-14-10(13)7-2-3-8(5-11)9(4-7)6-12/h2-4,11-12H,5-6H2,1H3. The van der Waals surface area contributed by atoms with Gasteiger partial charge < -0.3 is 14.9 Å². The van der Waals surface area contributed by atoms with Crippen molar-refractivity contribution in [2.24, 2.45) is 0 Å². The molecule has 0 aliphatic heterocycles. The van der Waals surface area contributed by atoms with Crippen molar-refractivity contribution >= 4 is 5.97 Å². The molecule has 0 saturated heterocycles. The van der Waals surface area contributed by atoms with E-state index in [1.807, 2.05) is 0 Å². The van der Waals surface area contributed by atoms with E-state index in [1.165, 1.54) is 13.2 Å². The number of hydrogen-bond acceptors (Lipinski definition) is 4. The first kappa shape index (κ1) is 10.7. The molecule has 0 amide bonds. The van der Waals surface area contributed by atoms with Gasteiger partial charge in [0.25, 0.3) is 0 Å². The third kappa shape index (κ3) is 2.10. The van der Waals surface area contributed by atoms with Crippen LogP contribution in [-0.4, -0.2) is 23.3 Å². The van der Waals surface area contributed by atoms with E-state index in [1.54, 1.807) is 12.1 Å². The van der Waals surface area contributed by atoms with Crippen molar-refractivity contribution < 1.29 is 19.7 Å². The Hall–Kier alpha value is -1.39. The topological polar surface area (TPSA) is 66.8 Å². The predicted molar refractivity (Wildman–Crippen MR) is 49.6 cm³/mol. The fourth-order valence-corrected chi connectivity index (χ4v) is 1.17. The second kappa shape index (κ2) is 4.74. The number of benzene rings is 1. The normalized spacial score (nSPS) is 9.93. The van der Waals surface area contributed by atoms with Crippen molar-refractivity contribution in [3.63, 3.8) is 0 Å². The van der Waals surface area contributed by atoms with Gasteiger partial charge in [0.1, 0.15) is 0 Å². The third-order valence-electron chi connectivity index (χ3n) is 1.97. The zero-order valence-electron chi connectivity index (χ0n) is 7.86. The van der Waals surface area contributed by atoms with E-state index in [0.717, 1.165) is 0 Å². The first-order valence-electron chi connectivity index (χ1n) is 4.14. The Kier molecular flexibility index (Phi) is 3.62. The molecule has 0 fully saturated rings. The Labute approximate surface area is 81.8 Å². The van der Waals surface area contributed by atoms with Gasteiger partial charge in [-0.2, -0.15) is 0 Å². The van der Waals surface area contributed by atoms with E-state index in [4.69, 9.17) is 10.2 Å². The Morgan fingerprint density at radius 3 is 2.43 bits per heavy atom. The highest BCUT2D eigenvalue weighted by Gasteiger charge is 2.08. The van der Waals surface area contributed by atoms with Gasteiger partial charge >= 0.3 is 5.97 Å². The van der Waals surface area contributed by atoms with Crippen LogP contribution in [0.25, 0.3) is 0 Å². The number of hydrogen-bond donors (Lipinski definition) is 2. The van der Waals surface area contributed by atoms with Gasteiger partial charge in [0, 0.05) is 0 Å². The van der Waals surface area contributed by atoms with Gasteiger partial charge in [0.15, 0.2) is 0 Å². The molecule has 0 bridgehead atoms. The Morgan fingerprint density at radius 2 is 1.93 bits per heavy atom. The van der Waals surface area contributed by atoms with Crippen LogP contribution in [0.15, 0.2) is 18.2 Å². The third-order valence-corrected chi connectivity index (χ3v) is 1.97. The molecule has 0 radical (unpaired) electrons. The summed E-state index contributed by atoms with van der Waals surface area (Å²) in [4.78, 5) is 11.1. The zero-order valence-corrected chi connectivity index (χ0v) is 7.86. The highest BCUT2D eigenvalue weighted by atomic mass is 16.5. The maximum atomic E-state index is 11.1. The number of aliphatic hydroxyl groups is 2. The van der Waals surface area contributed by atoms with Crippen LogP contribution in [-0.2, 0) is 18.0 Å². The fraction of sp³-hybridized carbons (Fsp3) is 0.300. The average molecular weight is 196 g/mol. The minimum atomic E-state index is -0.454. The molecule has 14 heavy (non-hydrogen) atoms. The molecule has 0 spiro atoms. The first-order valence-corrected chi connectivity index (χ1v) is 4.14. The molecular weight excluding hydrogens is 184 g/mol. The van der Waals surface area contributed by atoms with Crippen LogP contribution < -0.4 is 0 Å². The fourth-order valence-electron chi connectivity index (χ4n) is 1.17. The maximum absolute atomic E-state index is 11.1. The summed E-state index contributed by atoms with van der Waals surface area (Å²) in [5, 5.41) is 17.9. The van der Waals surface area contributed by atoms with Crippen molar-refractivity contribution in [1.29, 1.82) is 0 Å². The molecule has 0 unspecified atom stereocenters. The van der Waals surface area contributed by atoms with Crippen LogP contribution in [0.3, 0.4) is 0 Å². The summed E-state index contributed by atoms with van der Waals surface area (Å²) in [5.41, 5.74) is 1.52. The smallest absolute Gasteiger partial charge is 0.337 e. The summed E-state index contributed by atoms with van der Waals surface area (Å²) in [6, 6.07) is 4.66. The number of esters is 1. The van der Waals surface area contributed by atoms with E-state index >= 15 is 0 Å². The average Bonchev–Trinajstić information content (AvgIpc) is 2.26. The SMILES string of the molecule is COC(=O)c1ccc(CO)c(CO)c1. The van der Waals surface area contributed by atoms with E-state index < -0.39 is 5.97 Å². The van der Waals surface area contributed by atoms with Crippen molar-refractivity contribution in [3.05, 3.63) is 34.9 Å². The maximum Gasteiger partial charge on any atom is 0.337 e. The molecule has 4 nitrogen and oxygen atoms in total. The molecule has 0 aromatic heterocycles. The largest absolute Gasteiger partial charge is 0.465 e. The second-order valence-electron chi connectivity index (χ2n) is 2.79. The van der Waals surface area contributed by atoms with Gasteiger partial charge in [-0.1, -0.05) is 6.07 Å². The summed E-state index contributed by atoms with van der Waals surface area (Å²) in [6.45, 7) is -0.363. The molecular formula is C10H12O4. The molecule has 0 aliphatic rings. The quantitative estimate of drug-likeness (QED) is 0.689. The summed E-state index contributed by atoms with van der Waals surface area (Å²) < 4.78 is 4.53. The highest BCUT2D eigenvalue weighted by molar-refractivity contribution is 5.89. The molecule has 0 saturated carbocycles. The number of ether oxygens (including phenoxy) is 1. The van der Waals surface area contributed by atoms with Crippen LogP contribution in [0.4, 0.5) is 0 Å². The molecule has 4 heteroatoms. The van der Waals surface area contributed by atoms with Crippen LogP contribution >= 0.6 is 0 Å². The van der Waals surface area contributed by atoms with E-state index in [2.05, 4.69) is 4.74 Å². The minimum absolute atomic E-state index is 0.155. The number of methoxy groups -OCH3 is 1. The van der Waals surface area contributed by atoms with Gasteiger partial charge in [0.2, 0.25) is 0 Å². The van der Waals surface area contributed by atoms with Crippen molar-refractivity contribution in [2.45, 2.75) is 13.2 Å². The lowest BCUT2D eigenvalue weighted by molar-refractivity contribution is 0.0600. The van der Waals surface area contributed by atoms with Crippen LogP contribution in [0.2, 0.25) is 0 Å². The monoisotopic (exact) mass is 196 g/mol. The lowest BCUT2D eigenvalue weighted by atomic mass is 10.1. The van der Waals surface area contributed by atoms with Gasteiger partial charge in [-0.25, -0.2) is 4.79 Å². The van der Waals surface area contributed by atoms with Crippen molar-refractivity contribution in [2.75, 3.05) is 7.11 Å². The summed E-state index contributed by atoms with van der Waals surface area (Å²) in [5.74, 6) is -0.454. The second-order valence-corrected chi connectivity index (χ2v) is 2.79. The lowest BCUT2D eigenvalue weighted by Crippen LogP contribution is -2.04. The van der Waals surface area contributed by atoms with Crippen molar-refractivity contribution in [3.8, 4) is 0 Å². The number of carbonyl (C=O) groups excluding carboxylic acids is 1. The minimum Gasteiger partial charge on any atom is -0.465 e. The molecule has 76 valence electrons. The van der Waals surface area contributed by atoms with Crippen LogP contribution in [0.1, 0.15) is 21.5 Å². The van der Waals surface area contributed by atoms with Gasteiger partial charge in [0.05, 0.1) is 25.9 Å². The van der Waals surface area contributed by atoms with Gasteiger partial charge in [-0.3, -0.25) is 0 Å². The molecule has 0 heterocycles. The lowest BCUT2D eigenvalue weighted by Gasteiger charge is -2.06. The van der Waals surface area contributed by atoms with E-state index in [0.29, 0.717) is 16.7 Å². The number of aliphatic hydroxyl groups excluding tert-OH is 2. The Bertz CT molecular complexity index is 333. The highest BCUT2D eigenvalue weighted by Crippen LogP contribution is 2.13. The molecule has 1 aromatic rings. The Morgan fingerprint density at radius 1 is 1.29 bits per heavy atom. The number of rotatable bonds is 3. The van der Waals surface area contributed by atoms with E-state index in [9.17, 15) is 4.79 Å². The molecule has 1 aromatic carbocycles. The molecule has 0 aliphatic carbocycles. The zero-order chi connectivity index (χ0) is 10.6.